The quantitative estimate of drug-likeness (QED) is 0.699. The summed E-state index contributed by atoms with van der Waals surface area (Å²) in [7, 11) is 0. The van der Waals surface area contributed by atoms with Crippen LogP contribution in [0.2, 0.25) is 0 Å². The van der Waals surface area contributed by atoms with E-state index in [9.17, 15) is 4.79 Å². The number of aryl methyl sites for hydroxylation is 2. The Hall–Kier alpha value is -1.37. The summed E-state index contributed by atoms with van der Waals surface area (Å²) in [5.74, 6) is 0.252. The van der Waals surface area contributed by atoms with Gasteiger partial charge in [0.05, 0.1) is 0 Å². The number of ketones is 1. The van der Waals surface area contributed by atoms with E-state index in [1.54, 1.807) is 6.08 Å². The highest BCUT2D eigenvalue weighted by molar-refractivity contribution is 5.91. The van der Waals surface area contributed by atoms with Crippen LogP contribution in [0.4, 0.5) is 0 Å². The zero-order chi connectivity index (χ0) is 11.8. The van der Waals surface area contributed by atoms with Crippen LogP contribution in [0.5, 0.6) is 0 Å². The second-order valence-corrected chi connectivity index (χ2v) is 5.09. The van der Waals surface area contributed by atoms with Crippen LogP contribution in [0.25, 0.3) is 0 Å². The van der Waals surface area contributed by atoms with Crippen LogP contribution in [0, 0.1) is 13.8 Å². The van der Waals surface area contributed by atoms with Gasteiger partial charge in [-0.15, -0.1) is 0 Å². The molecule has 0 saturated carbocycles. The van der Waals surface area contributed by atoms with Crippen molar-refractivity contribution in [2.75, 3.05) is 0 Å². The molecule has 0 N–H and O–H groups in total. The predicted octanol–water partition coefficient (Wildman–Crippen LogP) is 3.48. The summed E-state index contributed by atoms with van der Waals surface area (Å²) in [5, 5.41) is 0. The Morgan fingerprint density at radius 2 is 1.75 bits per heavy atom. The molecular weight excluding hydrogens is 196 g/mol. The molecule has 0 heterocycles. The van der Waals surface area contributed by atoms with Gasteiger partial charge in [0.2, 0.25) is 0 Å². The highest BCUT2D eigenvalue weighted by Gasteiger charge is 2.27. The number of carbonyl (C=O) groups is 1. The minimum atomic E-state index is 0.0324. The first-order chi connectivity index (χ1) is 7.49. The van der Waals surface area contributed by atoms with Gasteiger partial charge in [-0.3, -0.25) is 4.79 Å². The largest absolute Gasteiger partial charge is 0.295 e. The Morgan fingerprint density at radius 3 is 2.25 bits per heavy atom. The summed E-state index contributed by atoms with van der Waals surface area (Å²) in [6, 6.07) is 6.64. The molecule has 1 atom stereocenters. The Balaban J connectivity index is 2.43. The van der Waals surface area contributed by atoms with E-state index in [4.69, 9.17) is 0 Å². The second-order valence-electron chi connectivity index (χ2n) is 5.09. The number of carbonyl (C=O) groups excluding carboxylic acids is 1. The first kappa shape index (κ1) is 11.1. The van der Waals surface area contributed by atoms with Gasteiger partial charge < -0.3 is 0 Å². The third kappa shape index (κ3) is 2.08. The van der Waals surface area contributed by atoms with E-state index in [2.05, 4.69) is 45.0 Å². The van der Waals surface area contributed by atoms with Crippen molar-refractivity contribution in [3.05, 3.63) is 47.0 Å². The summed E-state index contributed by atoms with van der Waals surface area (Å²) in [6.45, 7) is 6.46. The number of hydrogen-bond donors (Lipinski definition) is 0. The lowest BCUT2D eigenvalue weighted by atomic mass is 9.74. The molecule has 0 aromatic heterocycles. The third-order valence-corrected chi connectivity index (χ3v) is 3.41. The Labute approximate surface area is 97.2 Å². The van der Waals surface area contributed by atoms with E-state index in [0.717, 1.165) is 6.42 Å². The van der Waals surface area contributed by atoms with Gasteiger partial charge in [0, 0.05) is 11.8 Å². The zero-order valence-corrected chi connectivity index (χ0v) is 10.2. The normalized spacial score (nSPS) is 24.8. The molecule has 0 aliphatic heterocycles. The fourth-order valence-corrected chi connectivity index (χ4v) is 2.37. The molecule has 0 bridgehead atoms. The average molecular weight is 214 g/mol. The molecule has 1 aliphatic carbocycles. The summed E-state index contributed by atoms with van der Waals surface area (Å²) in [4.78, 5) is 11.2. The van der Waals surface area contributed by atoms with Crippen LogP contribution in [0.15, 0.2) is 30.4 Å². The molecule has 1 heteroatoms. The van der Waals surface area contributed by atoms with Crippen LogP contribution in [0.3, 0.4) is 0 Å². The van der Waals surface area contributed by atoms with E-state index < -0.39 is 0 Å². The smallest absolute Gasteiger partial charge is 0.155 e. The van der Waals surface area contributed by atoms with Gasteiger partial charge in [-0.25, -0.2) is 0 Å². The predicted molar refractivity (Wildman–Crippen MR) is 66.6 cm³/mol. The van der Waals surface area contributed by atoms with E-state index in [1.807, 2.05) is 0 Å². The molecule has 0 spiro atoms. The lowest BCUT2D eigenvalue weighted by Crippen LogP contribution is -2.24. The number of benzene rings is 1. The average Bonchev–Trinajstić information content (AvgIpc) is 2.21. The van der Waals surface area contributed by atoms with Gasteiger partial charge in [-0.05, 0) is 31.9 Å². The van der Waals surface area contributed by atoms with E-state index in [1.165, 1.54) is 16.7 Å². The molecule has 1 aromatic carbocycles. The van der Waals surface area contributed by atoms with Gasteiger partial charge in [0.15, 0.2) is 5.78 Å². The Kier molecular flexibility index (Phi) is 2.71. The lowest BCUT2D eigenvalue weighted by Gasteiger charge is -2.29. The summed E-state index contributed by atoms with van der Waals surface area (Å²) in [5.41, 5.74) is 3.95. The van der Waals surface area contributed by atoms with Crippen molar-refractivity contribution in [2.24, 2.45) is 0 Å². The number of allylic oxidation sites excluding steroid dienone is 2. The maximum absolute atomic E-state index is 11.2. The maximum atomic E-state index is 11.2. The van der Waals surface area contributed by atoms with Crippen molar-refractivity contribution in [1.29, 1.82) is 0 Å². The molecule has 0 unspecified atom stereocenters. The molecule has 16 heavy (non-hydrogen) atoms. The standard InChI is InChI=1S/C15H18O/c1-11-8-12(2)10-13(9-11)15(3)6-4-14(16)5-7-15/h4,6,8-10H,5,7H2,1-3H3/t15-/m1/s1. The van der Waals surface area contributed by atoms with Gasteiger partial charge in [-0.1, -0.05) is 42.3 Å². The van der Waals surface area contributed by atoms with Crippen molar-refractivity contribution in [3.63, 3.8) is 0 Å². The Morgan fingerprint density at radius 1 is 1.12 bits per heavy atom. The van der Waals surface area contributed by atoms with Crippen molar-refractivity contribution >= 4 is 5.78 Å². The minimum absolute atomic E-state index is 0.0324. The van der Waals surface area contributed by atoms with Crippen LogP contribution < -0.4 is 0 Å². The van der Waals surface area contributed by atoms with Gasteiger partial charge >= 0.3 is 0 Å². The summed E-state index contributed by atoms with van der Waals surface area (Å²) >= 11 is 0. The van der Waals surface area contributed by atoms with Gasteiger partial charge in [0.1, 0.15) is 0 Å². The number of rotatable bonds is 1. The topological polar surface area (TPSA) is 17.1 Å². The van der Waals surface area contributed by atoms with Crippen LogP contribution in [-0.4, -0.2) is 5.78 Å². The monoisotopic (exact) mass is 214 g/mol. The van der Waals surface area contributed by atoms with Crippen LogP contribution >= 0.6 is 0 Å². The lowest BCUT2D eigenvalue weighted by molar-refractivity contribution is -0.115. The number of hydrogen-bond acceptors (Lipinski definition) is 1. The molecule has 0 radical (unpaired) electrons. The summed E-state index contributed by atoms with van der Waals surface area (Å²) in [6.07, 6.45) is 5.39. The van der Waals surface area contributed by atoms with Crippen molar-refractivity contribution < 1.29 is 4.79 Å². The molecule has 0 fully saturated rings. The molecule has 1 nitrogen and oxygen atoms in total. The van der Waals surface area contributed by atoms with Crippen LogP contribution in [0.1, 0.15) is 36.5 Å². The zero-order valence-electron chi connectivity index (χ0n) is 10.2. The van der Waals surface area contributed by atoms with E-state index in [-0.39, 0.29) is 11.2 Å². The highest BCUT2D eigenvalue weighted by atomic mass is 16.1. The third-order valence-electron chi connectivity index (χ3n) is 3.41. The maximum Gasteiger partial charge on any atom is 0.155 e. The molecular formula is C15H18O. The highest BCUT2D eigenvalue weighted by Crippen LogP contribution is 2.34. The fourth-order valence-electron chi connectivity index (χ4n) is 2.37. The first-order valence-electron chi connectivity index (χ1n) is 5.80. The van der Waals surface area contributed by atoms with E-state index in [0.29, 0.717) is 6.42 Å². The van der Waals surface area contributed by atoms with Crippen molar-refractivity contribution in [1.82, 2.24) is 0 Å². The minimum Gasteiger partial charge on any atom is -0.295 e. The Bertz CT molecular complexity index is 436. The second kappa shape index (κ2) is 3.89. The van der Waals surface area contributed by atoms with Gasteiger partial charge in [0.25, 0.3) is 0 Å². The van der Waals surface area contributed by atoms with Crippen molar-refractivity contribution in [2.45, 2.75) is 39.0 Å². The van der Waals surface area contributed by atoms with Crippen LogP contribution in [-0.2, 0) is 10.2 Å². The fraction of sp³-hybridized carbons (Fsp3) is 0.400. The molecule has 1 aliphatic rings. The summed E-state index contributed by atoms with van der Waals surface area (Å²) < 4.78 is 0. The van der Waals surface area contributed by atoms with Crippen molar-refractivity contribution in [3.8, 4) is 0 Å². The van der Waals surface area contributed by atoms with E-state index >= 15 is 0 Å². The van der Waals surface area contributed by atoms with Gasteiger partial charge in [-0.2, -0.15) is 0 Å². The molecule has 1 aromatic rings. The SMILES string of the molecule is Cc1cc(C)cc([C@]2(C)C=CC(=O)CC2)c1. The first-order valence-corrected chi connectivity index (χ1v) is 5.80. The molecule has 2 rings (SSSR count). The molecule has 0 amide bonds. The molecule has 0 saturated heterocycles. The molecule has 84 valence electrons.